The third-order valence-corrected chi connectivity index (χ3v) is 3.47. The number of rotatable bonds is 7. The van der Waals surface area contributed by atoms with Gasteiger partial charge in [0, 0.05) is 32.1 Å². The van der Waals surface area contributed by atoms with Crippen LogP contribution in [0.4, 0.5) is 5.95 Å². The van der Waals surface area contributed by atoms with Crippen LogP contribution in [0, 0.1) is 5.92 Å². The van der Waals surface area contributed by atoms with Gasteiger partial charge in [-0.25, -0.2) is 14.8 Å². The van der Waals surface area contributed by atoms with Crippen molar-refractivity contribution in [3.63, 3.8) is 0 Å². The summed E-state index contributed by atoms with van der Waals surface area (Å²) in [7, 11) is 1.66. The third kappa shape index (κ3) is 3.41. The van der Waals surface area contributed by atoms with E-state index in [9.17, 15) is 4.79 Å². The van der Waals surface area contributed by atoms with Crippen LogP contribution >= 0.6 is 0 Å². The van der Waals surface area contributed by atoms with Crippen LogP contribution in [0.2, 0.25) is 0 Å². The summed E-state index contributed by atoms with van der Waals surface area (Å²) < 4.78 is 5.11. The molecule has 0 aromatic carbocycles. The molecule has 1 aromatic heterocycles. The van der Waals surface area contributed by atoms with Crippen LogP contribution in [0.3, 0.4) is 0 Å². The number of aromatic carboxylic acids is 1. The van der Waals surface area contributed by atoms with Crippen molar-refractivity contribution in [2.24, 2.45) is 5.92 Å². The minimum absolute atomic E-state index is 0.106. The molecule has 0 bridgehead atoms. The summed E-state index contributed by atoms with van der Waals surface area (Å²) in [5.74, 6) is 0.242. The second-order valence-corrected chi connectivity index (χ2v) is 4.84. The molecule has 1 aromatic rings. The molecule has 1 aliphatic rings. The topological polar surface area (TPSA) is 75.5 Å². The van der Waals surface area contributed by atoms with Crippen molar-refractivity contribution < 1.29 is 14.6 Å². The van der Waals surface area contributed by atoms with Gasteiger partial charge < -0.3 is 14.7 Å². The first kappa shape index (κ1) is 13.7. The maximum Gasteiger partial charge on any atom is 0.338 e. The molecule has 1 unspecified atom stereocenters. The van der Waals surface area contributed by atoms with E-state index >= 15 is 0 Å². The lowest BCUT2D eigenvalue weighted by Gasteiger charge is -2.29. The summed E-state index contributed by atoms with van der Waals surface area (Å²) in [5, 5.41) is 8.85. The quantitative estimate of drug-likeness (QED) is 0.803. The predicted molar refractivity (Wildman–Crippen MR) is 70.4 cm³/mol. The minimum atomic E-state index is -1.01. The predicted octanol–water partition coefficient (Wildman–Crippen LogP) is 1.43. The lowest BCUT2D eigenvalue weighted by molar-refractivity contribution is 0.0696. The van der Waals surface area contributed by atoms with Crippen LogP contribution in [0.5, 0.6) is 0 Å². The number of hydrogen-bond acceptors (Lipinski definition) is 5. The van der Waals surface area contributed by atoms with Crippen LogP contribution in [-0.2, 0) is 4.74 Å². The highest BCUT2D eigenvalue weighted by Crippen LogP contribution is 2.35. The highest BCUT2D eigenvalue weighted by molar-refractivity contribution is 5.86. The zero-order valence-electron chi connectivity index (χ0n) is 11.2. The number of methoxy groups -OCH3 is 1. The molecular formula is C13H19N3O3. The van der Waals surface area contributed by atoms with E-state index in [0.717, 1.165) is 0 Å². The Balaban J connectivity index is 2.13. The minimum Gasteiger partial charge on any atom is -0.478 e. The molecule has 6 nitrogen and oxygen atoms in total. The van der Waals surface area contributed by atoms with E-state index in [1.54, 1.807) is 7.11 Å². The second kappa shape index (κ2) is 5.97. The Morgan fingerprint density at radius 2 is 2.16 bits per heavy atom. The number of nitrogens with zero attached hydrogens (tertiary/aromatic N) is 3. The maximum atomic E-state index is 10.8. The van der Waals surface area contributed by atoms with E-state index in [1.807, 2.05) is 0 Å². The van der Waals surface area contributed by atoms with Crippen LogP contribution in [-0.4, -0.2) is 47.3 Å². The van der Waals surface area contributed by atoms with E-state index < -0.39 is 5.97 Å². The Hall–Kier alpha value is -1.69. The van der Waals surface area contributed by atoms with Crippen molar-refractivity contribution in [2.75, 3.05) is 25.2 Å². The molecule has 0 aliphatic heterocycles. The molecule has 1 atom stereocenters. The normalized spacial score (nSPS) is 16.1. The molecule has 1 saturated carbocycles. The fourth-order valence-electron chi connectivity index (χ4n) is 2.09. The number of hydrogen-bond donors (Lipinski definition) is 1. The van der Waals surface area contributed by atoms with Gasteiger partial charge in [-0.3, -0.25) is 0 Å². The van der Waals surface area contributed by atoms with Gasteiger partial charge in [0.1, 0.15) is 0 Å². The van der Waals surface area contributed by atoms with Crippen molar-refractivity contribution in [2.45, 2.75) is 25.8 Å². The largest absolute Gasteiger partial charge is 0.478 e. The fraction of sp³-hybridized carbons (Fsp3) is 0.615. The van der Waals surface area contributed by atoms with Gasteiger partial charge in [-0.1, -0.05) is 0 Å². The number of carboxylic acid groups (broad SMARTS) is 1. The van der Waals surface area contributed by atoms with Crippen molar-refractivity contribution in [3.05, 3.63) is 18.0 Å². The van der Waals surface area contributed by atoms with Crippen LogP contribution in [0.1, 0.15) is 30.1 Å². The van der Waals surface area contributed by atoms with Crippen molar-refractivity contribution >= 4 is 11.9 Å². The molecule has 1 heterocycles. The molecule has 0 spiro atoms. The molecule has 104 valence electrons. The molecule has 19 heavy (non-hydrogen) atoms. The van der Waals surface area contributed by atoms with Crippen LogP contribution in [0.15, 0.2) is 12.4 Å². The van der Waals surface area contributed by atoms with Crippen molar-refractivity contribution in [1.82, 2.24) is 9.97 Å². The highest BCUT2D eigenvalue weighted by Gasteiger charge is 2.33. The lowest BCUT2D eigenvalue weighted by atomic mass is 10.2. The molecule has 0 radical (unpaired) electrons. The fourth-order valence-corrected chi connectivity index (χ4v) is 2.09. The number of anilines is 1. The Morgan fingerprint density at radius 1 is 1.53 bits per heavy atom. The summed E-state index contributed by atoms with van der Waals surface area (Å²) in [6, 6.07) is 0.353. The van der Waals surface area contributed by atoms with E-state index in [0.29, 0.717) is 31.1 Å². The standard InChI is InChI=1S/C13H19N3O3/c1-9(10-3-4-10)16(5-6-19-2)13-14-7-11(8-15-13)12(17)18/h7-10H,3-6H2,1-2H3,(H,17,18). The first-order chi connectivity index (χ1) is 9.13. The molecule has 0 saturated heterocycles. The van der Waals surface area contributed by atoms with Gasteiger partial charge in [0.05, 0.1) is 12.2 Å². The maximum absolute atomic E-state index is 10.8. The molecule has 2 rings (SSSR count). The van der Waals surface area contributed by atoms with Gasteiger partial charge in [-0.15, -0.1) is 0 Å². The number of carbonyl (C=O) groups is 1. The van der Waals surface area contributed by atoms with Crippen molar-refractivity contribution in [1.29, 1.82) is 0 Å². The van der Waals surface area contributed by atoms with E-state index in [-0.39, 0.29) is 5.56 Å². The number of ether oxygens (including phenoxy) is 1. The number of aromatic nitrogens is 2. The third-order valence-electron chi connectivity index (χ3n) is 3.47. The zero-order chi connectivity index (χ0) is 13.8. The van der Waals surface area contributed by atoms with Gasteiger partial charge in [0.25, 0.3) is 0 Å². The highest BCUT2D eigenvalue weighted by atomic mass is 16.5. The molecule has 6 heteroatoms. The lowest BCUT2D eigenvalue weighted by Crippen LogP contribution is -2.38. The Kier molecular flexibility index (Phi) is 4.31. The average molecular weight is 265 g/mol. The smallest absolute Gasteiger partial charge is 0.338 e. The summed E-state index contributed by atoms with van der Waals surface area (Å²) >= 11 is 0. The number of carboxylic acids is 1. The summed E-state index contributed by atoms with van der Waals surface area (Å²) in [4.78, 5) is 21.2. The van der Waals surface area contributed by atoms with Crippen LogP contribution in [0.25, 0.3) is 0 Å². The summed E-state index contributed by atoms with van der Waals surface area (Å²) in [5.41, 5.74) is 0.106. The van der Waals surface area contributed by atoms with Gasteiger partial charge in [0.15, 0.2) is 0 Å². The molecule has 1 N–H and O–H groups in total. The Bertz CT molecular complexity index is 431. The average Bonchev–Trinajstić information content (AvgIpc) is 3.23. The summed E-state index contributed by atoms with van der Waals surface area (Å²) in [6.07, 6.45) is 5.17. The van der Waals surface area contributed by atoms with E-state index in [2.05, 4.69) is 21.8 Å². The van der Waals surface area contributed by atoms with Crippen molar-refractivity contribution in [3.8, 4) is 0 Å². The molecule has 0 amide bonds. The van der Waals surface area contributed by atoms with Gasteiger partial charge in [-0.2, -0.15) is 0 Å². The van der Waals surface area contributed by atoms with E-state index in [1.165, 1.54) is 25.2 Å². The zero-order valence-corrected chi connectivity index (χ0v) is 11.2. The summed E-state index contributed by atoms with van der Waals surface area (Å²) in [6.45, 7) is 3.46. The molecule has 1 aliphatic carbocycles. The second-order valence-electron chi connectivity index (χ2n) is 4.84. The molecular weight excluding hydrogens is 246 g/mol. The Morgan fingerprint density at radius 3 is 2.63 bits per heavy atom. The monoisotopic (exact) mass is 265 g/mol. The first-order valence-corrected chi connectivity index (χ1v) is 6.44. The SMILES string of the molecule is COCCN(c1ncc(C(=O)O)cn1)C(C)C1CC1. The van der Waals surface area contributed by atoms with Gasteiger partial charge >= 0.3 is 5.97 Å². The Labute approximate surface area is 112 Å². The first-order valence-electron chi connectivity index (χ1n) is 6.44. The van der Waals surface area contributed by atoms with E-state index in [4.69, 9.17) is 9.84 Å². The molecule has 1 fully saturated rings. The van der Waals surface area contributed by atoms with Gasteiger partial charge in [0.2, 0.25) is 5.95 Å². The van der Waals surface area contributed by atoms with Gasteiger partial charge in [-0.05, 0) is 25.7 Å². The van der Waals surface area contributed by atoms with Crippen LogP contribution < -0.4 is 4.90 Å².